The summed E-state index contributed by atoms with van der Waals surface area (Å²) in [6.45, 7) is 0. The van der Waals surface area contributed by atoms with Crippen molar-refractivity contribution in [2.45, 2.75) is 0 Å². The van der Waals surface area contributed by atoms with E-state index in [2.05, 4.69) is 234 Å². The quantitative estimate of drug-likeness (QED) is 0.0936. The Bertz CT molecular complexity index is 8190. The van der Waals surface area contributed by atoms with E-state index in [1.54, 1.807) is 6.20 Å². The first-order chi connectivity index (χ1) is 65.8. The van der Waals surface area contributed by atoms with Crippen molar-refractivity contribution in [3.63, 3.8) is 0 Å². The standard InChI is InChI=1S/C40H24N4O.2C39H25N5/c41-25-26-16-18-27(19-17-26)31-10-6-11-32(24-31)40-43-38(29-8-2-1-3-9-29)42-39(44-40)30-22-20-28(21-23-30)33-13-7-14-35-34-12-4-5-15-36(34)45-37(33)35;1-3-13-33-27(8-1)10-5-15-35(33)38-42-37(43-39(44-38)36-16-6-11-28-9-2-4-14-34(28)36)32-23-30(26-17-20-40-21-18-26)22-31(24-32)29-12-7-19-41-25-29;1-3-11-26(12-4-1)37-42-38(27-13-5-2-6-14-27)44-39(43-37)34-20-32(35-22-28-15-7-9-17-30(28)24-40-35)19-33(21-34)36-23-29-16-8-10-18-31(29)25-41-36/h1-24H;2*1-25H. The lowest BCUT2D eigenvalue weighted by Gasteiger charge is -2.13. The Morgan fingerprint density at radius 3 is 1.08 bits per heavy atom. The Kier molecular flexibility index (Phi) is 21.8. The van der Waals surface area contributed by atoms with Crippen molar-refractivity contribution >= 4 is 65.0 Å². The first-order valence-corrected chi connectivity index (χ1v) is 43.7. The maximum absolute atomic E-state index is 9.20. The zero-order valence-corrected chi connectivity index (χ0v) is 71.4. The summed E-state index contributed by atoms with van der Waals surface area (Å²) in [5, 5.41) is 20.3. The number of hydrogen-bond acceptors (Lipinski definition) is 15. The van der Waals surface area contributed by atoms with Gasteiger partial charge in [-0.25, -0.2) is 44.9 Å². The van der Waals surface area contributed by atoms with Gasteiger partial charge in [-0.05, 0) is 157 Å². The number of fused-ring (bicyclic) bond motifs is 7. The van der Waals surface area contributed by atoms with Gasteiger partial charge in [-0.1, -0.05) is 322 Å². The summed E-state index contributed by atoms with van der Waals surface area (Å²) < 4.78 is 6.29. The average molecular weight is 1700 g/mol. The van der Waals surface area contributed by atoms with E-state index in [1.807, 2.05) is 225 Å². The fourth-order valence-corrected chi connectivity index (χ4v) is 16.9. The summed E-state index contributed by atoms with van der Waals surface area (Å²) in [5.41, 5.74) is 22.5. The molecule has 0 fully saturated rings. The van der Waals surface area contributed by atoms with E-state index in [1.165, 1.54) is 0 Å². The Labute approximate surface area is 765 Å². The average Bonchev–Trinajstić information content (AvgIpc) is 1.74. The second kappa shape index (κ2) is 36.1. The zero-order valence-electron chi connectivity index (χ0n) is 71.4. The number of aromatic nitrogens is 13. The molecular weight excluding hydrogens is 1630 g/mol. The molecule has 0 saturated heterocycles. The van der Waals surface area contributed by atoms with Gasteiger partial charge in [0.15, 0.2) is 52.4 Å². The van der Waals surface area contributed by atoms with Crippen LogP contribution in [0.15, 0.2) is 454 Å². The van der Waals surface area contributed by atoms with Crippen LogP contribution in [0.4, 0.5) is 0 Å². The van der Waals surface area contributed by atoms with Crippen LogP contribution in [-0.4, -0.2) is 64.8 Å². The molecule has 16 aromatic carbocycles. The first-order valence-electron chi connectivity index (χ1n) is 43.7. The van der Waals surface area contributed by atoms with Gasteiger partial charge < -0.3 is 4.42 Å². The van der Waals surface area contributed by atoms with Gasteiger partial charge >= 0.3 is 0 Å². The molecule has 0 aliphatic heterocycles. The third-order valence-electron chi connectivity index (χ3n) is 23.6. The van der Waals surface area contributed by atoms with E-state index in [0.29, 0.717) is 58.0 Å². The van der Waals surface area contributed by atoms with Crippen LogP contribution in [0, 0.1) is 11.3 Å². The summed E-state index contributed by atoms with van der Waals surface area (Å²) in [6, 6.07) is 141. The van der Waals surface area contributed by atoms with Gasteiger partial charge in [0.1, 0.15) is 11.2 Å². The zero-order chi connectivity index (χ0) is 88.8. The fraction of sp³-hybridized carbons (Fsp3) is 0. The van der Waals surface area contributed by atoms with Crippen LogP contribution >= 0.6 is 0 Å². The number of hydrogen-bond donors (Lipinski definition) is 0. The van der Waals surface area contributed by atoms with E-state index in [4.69, 9.17) is 59.2 Å². The normalized spacial score (nSPS) is 11.2. The number of nitrogens with zero attached hydrogens (tertiary/aromatic N) is 14. The Hall–Kier alpha value is -18.5. The van der Waals surface area contributed by atoms with E-state index < -0.39 is 0 Å². The molecule has 133 heavy (non-hydrogen) atoms. The van der Waals surface area contributed by atoms with Crippen LogP contribution in [0.1, 0.15) is 5.56 Å². The van der Waals surface area contributed by atoms with E-state index in [0.717, 1.165) is 182 Å². The summed E-state index contributed by atoms with van der Waals surface area (Å²) in [6.07, 6.45) is 11.1. The Balaban J connectivity index is 0.000000116. The Morgan fingerprint density at radius 1 is 0.195 bits per heavy atom. The van der Waals surface area contributed by atoms with Gasteiger partial charge in [-0.3, -0.25) is 19.9 Å². The highest BCUT2D eigenvalue weighted by Crippen LogP contribution is 2.42. The third-order valence-corrected chi connectivity index (χ3v) is 23.6. The summed E-state index contributed by atoms with van der Waals surface area (Å²) in [5.74, 6) is 5.48. The van der Waals surface area contributed by atoms with Crippen LogP contribution in [0.3, 0.4) is 0 Å². The van der Waals surface area contributed by atoms with Crippen molar-refractivity contribution in [2.24, 2.45) is 0 Å². The molecule has 0 bridgehead atoms. The molecule has 0 saturated carbocycles. The van der Waals surface area contributed by atoms with Crippen LogP contribution in [0.5, 0.6) is 0 Å². The number of para-hydroxylation sites is 2. The summed E-state index contributed by atoms with van der Waals surface area (Å²) in [7, 11) is 0. The van der Waals surface area contributed by atoms with Crippen molar-refractivity contribution in [2.75, 3.05) is 0 Å². The topological polar surface area (TPSA) is 204 Å². The van der Waals surface area contributed by atoms with Crippen LogP contribution in [-0.2, 0) is 0 Å². The lowest BCUT2D eigenvalue weighted by molar-refractivity contribution is 0.670. The number of nitriles is 1. The van der Waals surface area contributed by atoms with Crippen molar-refractivity contribution in [1.29, 1.82) is 5.26 Å². The van der Waals surface area contributed by atoms with Gasteiger partial charge in [-0.15, -0.1) is 0 Å². The third kappa shape index (κ3) is 16.9. The minimum atomic E-state index is 0.586. The molecule has 24 rings (SSSR count). The SMILES string of the molecule is N#Cc1ccc(-c2cccc(-c3nc(-c4ccccc4)nc(-c4ccc(-c5cccc6c5oc5ccccc56)cc4)n3)c2)cc1.c1ccc(-c2nc(-c3ccccc3)nc(-c3cc(-c4cc5ccccc5cn4)cc(-c4cc5ccccc5cn4)c3)n2)cc1.c1cncc(-c2cc(-c3ccncc3)cc(-c3nc(-c4cccc5ccccc45)nc(-c4cccc5ccccc45)n3)c2)c1. The molecule has 15 heteroatoms. The van der Waals surface area contributed by atoms with Gasteiger partial charge in [0.05, 0.1) is 23.0 Å². The molecule has 0 aliphatic carbocycles. The minimum absolute atomic E-state index is 0.586. The van der Waals surface area contributed by atoms with E-state index in [-0.39, 0.29) is 0 Å². The summed E-state index contributed by atoms with van der Waals surface area (Å²) in [4.78, 5) is 63.4. The molecule has 8 aromatic heterocycles. The highest BCUT2D eigenvalue weighted by atomic mass is 16.3. The molecule has 15 nitrogen and oxygen atoms in total. The smallest absolute Gasteiger partial charge is 0.164 e. The number of rotatable bonds is 15. The molecule has 0 unspecified atom stereocenters. The molecule has 0 N–H and O–H groups in total. The maximum Gasteiger partial charge on any atom is 0.164 e. The highest BCUT2D eigenvalue weighted by molar-refractivity contribution is 6.10. The molecule has 8 heterocycles. The van der Waals surface area contributed by atoms with Gasteiger partial charge in [0.25, 0.3) is 0 Å². The number of benzene rings is 16. The van der Waals surface area contributed by atoms with Gasteiger partial charge in [0.2, 0.25) is 0 Å². The predicted octanol–water partition coefficient (Wildman–Crippen LogP) is 28.6. The lowest BCUT2D eigenvalue weighted by Crippen LogP contribution is -2.01. The van der Waals surface area contributed by atoms with Crippen molar-refractivity contribution < 1.29 is 4.42 Å². The molecule has 622 valence electrons. The molecular formula is C118H74N14O. The predicted molar refractivity (Wildman–Crippen MR) is 534 cm³/mol. The molecule has 0 aliphatic rings. The number of pyridine rings is 4. The second-order valence-corrected chi connectivity index (χ2v) is 32.1. The highest BCUT2D eigenvalue weighted by Gasteiger charge is 2.23. The minimum Gasteiger partial charge on any atom is -0.455 e. The van der Waals surface area contributed by atoms with E-state index >= 15 is 0 Å². The molecule has 0 amide bonds. The number of furan rings is 1. The second-order valence-electron chi connectivity index (χ2n) is 32.1. The maximum atomic E-state index is 9.20. The largest absolute Gasteiger partial charge is 0.455 e. The van der Waals surface area contributed by atoms with Crippen LogP contribution < -0.4 is 0 Å². The first kappa shape index (κ1) is 80.3. The van der Waals surface area contributed by atoms with Crippen LogP contribution in [0.2, 0.25) is 0 Å². The lowest BCUT2D eigenvalue weighted by atomic mass is 9.97. The molecule has 0 atom stereocenters. The monoisotopic (exact) mass is 1700 g/mol. The van der Waals surface area contributed by atoms with Crippen molar-refractivity contribution in [3.8, 4) is 176 Å². The molecule has 0 radical (unpaired) electrons. The fourth-order valence-electron chi connectivity index (χ4n) is 16.9. The van der Waals surface area contributed by atoms with Crippen molar-refractivity contribution in [1.82, 2.24) is 64.8 Å². The van der Waals surface area contributed by atoms with Gasteiger partial charge in [-0.2, -0.15) is 5.26 Å². The van der Waals surface area contributed by atoms with Crippen LogP contribution in [0.25, 0.3) is 235 Å². The molecule has 24 aromatic rings. The van der Waals surface area contributed by atoms with Crippen molar-refractivity contribution in [3.05, 3.63) is 455 Å². The van der Waals surface area contributed by atoms with Gasteiger partial charge in [0, 0.05) is 131 Å². The van der Waals surface area contributed by atoms with E-state index in [9.17, 15) is 5.26 Å². The summed E-state index contributed by atoms with van der Waals surface area (Å²) >= 11 is 0. The Morgan fingerprint density at radius 2 is 0.549 bits per heavy atom. The molecule has 0 spiro atoms.